The van der Waals surface area contributed by atoms with Crippen LogP contribution in [0, 0.1) is 17.6 Å². The van der Waals surface area contributed by atoms with Crippen molar-refractivity contribution in [2.24, 2.45) is 5.92 Å². The largest absolute Gasteiger partial charge is 0.508 e. The molecule has 2 N–H and O–H groups in total. The lowest BCUT2D eigenvalue weighted by atomic mass is 9.77. The predicted octanol–water partition coefficient (Wildman–Crippen LogP) is 7.41. The van der Waals surface area contributed by atoms with E-state index in [9.17, 15) is 23.8 Å². The van der Waals surface area contributed by atoms with Gasteiger partial charge in [0.15, 0.2) is 8.32 Å². The van der Waals surface area contributed by atoms with E-state index in [-0.39, 0.29) is 35.2 Å². The lowest BCUT2D eigenvalue weighted by Gasteiger charge is -2.48. The molecule has 0 saturated carbocycles. The van der Waals surface area contributed by atoms with Gasteiger partial charge in [0.05, 0.1) is 24.7 Å². The van der Waals surface area contributed by atoms with Crippen LogP contribution in [0.2, 0.25) is 18.1 Å². The highest BCUT2D eigenvalue weighted by Crippen LogP contribution is 2.49. The third kappa shape index (κ3) is 6.08. The minimum absolute atomic E-state index is 0.0104. The number of hydrogen-bond acceptors (Lipinski definition) is 4. The molecule has 1 unspecified atom stereocenters. The second-order valence-electron chi connectivity index (χ2n) is 11.8. The molecule has 5 nitrogen and oxygen atoms in total. The molecule has 39 heavy (non-hydrogen) atoms. The molecule has 1 amide bonds. The third-order valence-corrected chi connectivity index (χ3v) is 12.6. The highest BCUT2D eigenvalue weighted by molar-refractivity contribution is 6.74. The molecule has 8 heteroatoms. The zero-order valence-electron chi connectivity index (χ0n) is 23.1. The Morgan fingerprint density at radius 1 is 0.974 bits per heavy atom. The smallest absolute Gasteiger partial charge is 0.233 e. The average molecular weight is 554 g/mol. The van der Waals surface area contributed by atoms with Gasteiger partial charge in [0.1, 0.15) is 17.4 Å². The Morgan fingerprint density at radius 3 is 2.10 bits per heavy atom. The maximum absolute atomic E-state index is 13.7. The number of carbonyl (C=O) groups excluding carboxylic acids is 1. The molecule has 4 rings (SSSR count). The highest BCUT2D eigenvalue weighted by Gasteiger charge is 2.50. The quantitative estimate of drug-likeness (QED) is 0.214. The predicted molar refractivity (Wildman–Crippen MR) is 151 cm³/mol. The van der Waals surface area contributed by atoms with E-state index in [0.717, 1.165) is 5.56 Å². The van der Waals surface area contributed by atoms with Crippen molar-refractivity contribution in [1.82, 2.24) is 0 Å². The van der Waals surface area contributed by atoms with E-state index in [2.05, 4.69) is 33.9 Å². The summed E-state index contributed by atoms with van der Waals surface area (Å²) in [7, 11) is -2.21. The molecule has 1 aliphatic rings. The van der Waals surface area contributed by atoms with Crippen LogP contribution >= 0.6 is 0 Å². The summed E-state index contributed by atoms with van der Waals surface area (Å²) < 4.78 is 34.1. The fraction of sp³-hybridized carbons (Fsp3) is 0.387. The van der Waals surface area contributed by atoms with Gasteiger partial charge in [-0.2, -0.15) is 0 Å². The Hall–Kier alpha value is -3.07. The van der Waals surface area contributed by atoms with Gasteiger partial charge in [0.2, 0.25) is 5.91 Å². The van der Waals surface area contributed by atoms with Crippen LogP contribution < -0.4 is 4.90 Å². The van der Waals surface area contributed by atoms with Crippen molar-refractivity contribution in [2.75, 3.05) is 4.90 Å². The molecule has 0 aliphatic carbocycles. The number of hydrogen-bond donors (Lipinski definition) is 2. The number of nitrogens with zero attached hydrogens (tertiary/aromatic N) is 1. The van der Waals surface area contributed by atoms with Crippen LogP contribution in [0.15, 0.2) is 66.7 Å². The first-order chi connectivity index (χ1) is 18.3. The maximum Gasteiger partial charge on any atom is 0.233 e. The lowest BCUT2D eigenvalue weighted by molar-refractivity contribution is -0.131. The number of phenols is 1. The molecular formula is C31H37F2NO4Si. The number of aromatic hydroxyl groups is 1. The summed E-state index contributed by atoms with van der Waals surface area (Å²) in [6.07, 6.45) is 0.668. The number of amides is 1. The molecule has 0 bridgehead atoms. The van der Waals surface area contributed by atoms with Gasteiger partial charge in [-0.05, 0) is 84.6 Å². The van der Waals surface area contributed by atoms with Crippen LogP contribution in [-0.4, -0.2) is 24.4 Å². The monoisotopic (exact) mass is 553 g/mol. The first kappa shape index (κ1) is 28.9. The molecule has 1 fully saturated rings. The Labute approximate surface area is 230 Å². The molecule has 208 valence electrons. The number of aliphatic hydroxyl groups excluding tert-OH is 1. The fourth-order valence-corrected chi connectivity index (χ4v) is 6.17. The number of benzene rings is 3. The van der Waals surface area contributed by atoms with Crippen LogP contribution in [0.3, 0.4) is 0 Å². The summed E-state index contributed by atoms with van der Waals surface area (Å²) >= 11 is 0. The van der Waals surface area contributed by atoms with Crippen molar-refractivity contribution in [1.29, 1.82) is 0 Å². The summed E-state index contributed by atoms with van der Waals surface area (Å²) in [5.41, 5.74) is 2.52. The molecule has 0 spiro atoms. The van der Waals surface area contributed by atoms with Gasteiger partial charge in [-0.15, -0.1) is 0 Å². The van der Waals surface area contributed by atoms with Gasteiger partial charge in [-0.1, -0.05) is 45.0 Å². The number of halogens is 2. The van der Waals surface area contributed by atoms with Gasteiger partial charge in [-0.3, -0.25) is 4.79 Å². The SMILES string of the molecule is CC(C)(C)[Si](C)(C)O[C@@H](CCC1C(=O)N(c2ccc(F)cc2)[C@@H]1c1ccc(CO)cc1O)c1ccc(F)cc1. The second-order valence-corrected chi connectivity index (χ2v) is 16.5. The maximum atomic E-state index is 13.7. The summed E-state index contributed by atoms with van der Waals surface area (Å²) in [5, 5.41) is 20.3. The zero-order valence-corrected chi connectivity index (χ0v) is 24.1. The Kier molecular flexibility index (Phi) is 8.30. The first-order valence-corrected chi connectivity index (χ1v) is 16.2. The van der Waals surface area contributed by atoms with Gasteiger partial charge in [0, 0.05) is 11.3 Å². The Balaban J connectivity index is 1.65. The van der Waals surface area contributed by atoms with E-state index in [1.165, 1.54) is 30.3 Å². The first-order valence-electron chi connectivity index (χ1n) is 13.3. The Bertz CT molecular complexity index is 1310. The van der Waals surface area contributed by atoms with Crippen molar-refractivity contribution in [2.45, 2.75) is 70.5 Å². The fourth-order valence-electron chi connectivity index (χ4n) is 4.85. The van der Waals surface area contributed by atoms with Crippen molar-refractivity contribution >= 4 is 19.9 Å². The summed E-state index contributed by atoms with van der Waals surface area (Å²) in [6.45, 7) is 10.6. The molecule has 1 aliphatic heterocycles. The second kappa shape index (κ2) is 11.2. The van der Waals surface area contributed by atoms with Gasteiger partial charge in [-0.25, -0.2) is 8.78 Å². The molecule has 1 heterocycles. The van der Waals surface area contributed by atoms with E-state index in [1.807, 2.05) is 0 Å². The van der Waals surface area contributed by atoms with Crippen LogP contribution in [0.25, 0.3) is 0 Å². The van der Waals surface area contributed by atoms with Crippen LogP contribution in [0.1, 0.15) is 62.4 Å². The molecule has 3 aromatic rings. The molecular weight excluding hydrogens is 516 g/mol. The van der Waals surface area contributed by atoms with Crippen LogP contribution in [-0.2, 0) is 15.8 Å². The van der Waals surface area contributed by atoms with Gasteiger partial charge >= 0.3 is 0 Å². The summed E-state index contributed by atoms with van der Waals surface area (Å²) in [5.74, 6) is -1.31. The molecule has 1 saturated heterocycles. The number of anilines is 1. The van der Waals surface area contributed by atoms with Crippen LogP contribution in [0.4, 0.5) is 14.5 Å². The van der Waals surface area contributed by atoms with Crippen molar-refractivity contribution < 1.29 is 28.2 Å². The minimum atomic E-state index is -2.21. The van der Waals surface area contributed by atoms with Gasteiger partial charge < -0.3 is 19.5 Å². The van der Waals surface area contributed by atoms with Gasteiger partial charge in [0.25, 0.3) is 0 Å². The zero-order chi connectivity index (χ0) is 28.5. The van der Waals surface area contributed by atoms with Crippen molar-refractivity contribution in [3.05, 3.63) is 95.1 Å². The standard InChI is InChI=1S/C31H37F2NO4Si/c1-31(2,3)39(4,5)38-28(21-7-9-22(32)10-8-21)17-16-26-29(25-15-6-20(19-35)18-27(25)36)34(30(26)37)24-13-11-23(33)12-14-24/h6-15,18,26,28-29,35-36H,16-17,19H2,1-5H3/t26?,28-,29+/m0/s1. The molecule has 0 aromatic heterocycles. The van der Waals surface area contributed by atoms with Crippen LogP contribution in [0.5, 0.6) is 5.75 Å². The van der Waals surface area contributed by atoms with Crippen molar-refractivity contribution in [3.63, 3.8) is 0 Å². The number of phenolic OH excluding ortho intramolecular Hbond substituents is 1. The third-order valence-electron chi connectivity index (χ3n) is 8.14. The number of aliphatic hydroxyl groups is 1. The molecule has 3 atom stereocenters. The van der Waals surface area contributed by atoms with E-state index in [4.69, 9.17) is 4.43 Å². The number of rotatable bonds is 9. The summed E-state index contributed by atoms with van der Waals surface area (Å²) in [4.78, 5) is 15.1. The van der Waals surface area contributed by atoms with E-state index < -0.39 is 26.1 Å². The topological polar surface area (TPSA) is 70.0 Å². The van der Waals surface area contributed by atoms with E-state index >= 15 is 0 Å². The molecule has 0 radical (unpaired) electrons. The highest BCUT2D eigenvalue weighted by atomic mass is 28.4. The molecule has 3 aromatic carbocycles. The Morgan fingerprint density at radius 2 is 1.56 bits per heavy atom. The lowest BCUT2D eigenvalue weighted by Crippen LogP contribution is -2.55. The number of carbonyl (C=O) groups is 1. The van der Waals surface area contributed by atoms with E-state index in [1.54, 1.807) is 41.3 Å². The summed E-state index contributed by atoms with van der Waals surface area (Å²) in [6, 6.07) is 16.5. The normalized spacial score (nSPS) is 18.7. The average Bonchev–Trinajstić information content (AvgIpc) is 2.87. The van der Waals surface area contributed by atoms with E-state index in [0.29, 0.717) is 29.7 Å². The minimum Gasteiger partial charge on any atom is -0.508 e. The number of β-lactam (4-membered cyclic amide) rings is 1. The van der Waals surface area contributed by atoms with Crippen molar-refractivity contribution in [3.8, 4) is 5.75 Å².